The van der Waals surface area contributed by atoms with E-state index in [-0.39, 0.29) is 5.41 Å². The molecular formula is C62H43N3. The van der Waals surface area contributed by atoms with Gasteiger partial charge >= 0.3 is 0 Å². The standard InChI is InChI=1S/C62H43N3/c1-62(2)54-24-13-12-21-50(54)51-35-33-47(37-55(51)62)40-25-29-43(30-26-40)56-39-57(65-61(64-56)46-19-10-5-11-20-46)44-31-27-41(28-32-44)48-34-36-52-58(38-48)63-60(45-17-8-4-9-18-45)53-23-14-22-49(59(52)53)42-15-6-3-7-16-42/h3-39H,1-2H3. The van der Waals surface area contributed by atoms with E-state index in [0.717, 1.165) is 66.8 Å². The van der Waals surface area contributed by atoms with Crippen molar-refractivity contribution in [2.75, 3.05) is 0 Å². The molecule has 1 aliphatic carbocycles. The highest BCUT2D eigenvalue weighted by Gasteiger charge is 2.35. The fourth-order valence-electron chi connectivity index (χ4n) is 9.92. The monoisotopic (exact) mass is 829 g/mol. The van der Waals surface area contributed by atoms with Gasteiger partial charge in [-0.05, 0) is 73.8 Å². The van der Waals surface area contributed by atoms with Crippen molar-refractivity contribution in [1.29, 1.82) is 0 Å². The Kier molecular flexibility index (Phi) is 9.17. The molecule has 9 aromatic carbocycles. The summed E-state index contributed by atoms with van der Waals surface area (Å²) >= 11 is 0. The average Bonchev–Trinajstić information content (AvgIpc) is 3.61. The van der Waals surface area contributed by atoms with E-state index in [0.29, 0.717) is 5.82 Å². The lowest BCUT2D eigenvalue weighted by Crippen LogP contribution is -2.14. The second kappa shape index (κ2) is 15.5. The van der Waals surface area contributed by atoms with Gasteiger partial charge in [-0.25, -0.2) is 15.0 Å². The number of aromatic nitrogens is 3. The van der Waals surface area contributed by atoms with Crippen LogP contribution in [-0.2, 0) is 5.41 Å². The lowest BCUT2D eigenvalue weighted by molar-refractivity contribution is 0.660. The van der Waals surface area contributed by atoms with Crippen LogP contribution in [0.4, 0.5) is 0 Å². The number of fused-ring (bicyclic) bond motifs is 6. The molecular weight excluding hydrogens is 787 g/mol. The molecule has 65 heavy (non-hydrogen) atoms. The molecule has 0 atom stereocenters. The Morgan fingerprint density at radius 2 is 0.815 bits per heavy atom. The van der Waals surface area contributed by atoms with Crippen LogP contribution in [0.1, 0.15) is 25.0 Å². The summed E-state index contributed by atoms with van der Waals surface area (Å²) in [6.45, 7) is 4.67. The minimum absolute atomic E-state index is 0.0485. The number of nitrogens with zero attached hydrogens (tertiary/aromatic N) is 3. The first kappa shape index (κ1) is 38.4. The molecule has 0 fully saturated rings. The summed E-state index contributed by atoms with van der Waals surface area (Å²) in [4.78, 5) is 15.7. The number of benzene rings is 9. The van der Waals surface area contributed by atoms with Crippen molar-refractivity contribution in [1.82, 2.24) is 15.0 Å². The van der Waals surface area contributed by atoms with Crippen LogP contribution in [0.15, 0.2) is 224 Å². The molecule has 0 spiro atoms. The van der Waals surface area contributed by atoms with Gasteiger partial charge in [0.15, 0.2) is 5.82 Å². The quantitative estimate of drug-likeness (QED) is 0.150. The number of rotatable bonds is 7. The van der Waals surface area contributed by atoms with Crippen molar-refractivity contribution >= 4 is 21.7 Å². The van der Waals surface area contributed by atoms with Gasteiger partial charge in [0, 0.05) is 43.8 Å². The third-order valence-corrected chi connectivity index (χ3v) is 13.3. The van der Waals surface area contributed by atoms with Gasteiger partial charge < -0.3 is 0 Å². The molecule has 2 heterocycles. The molecule has 3 nitrogen and oxygen atoms in total. The average molecular weight is 830 g/mol. The second-order valence-corrected chi connectivity index (χ2v) is 17.6. The summed E-state index contributed by atoms with van der Waals surface area (Å²) in [7, 11) is 0. The lowest BCUT2D eigenvalue weighted by atomic mass is 9.81. The Balaban J connectivity index is 0.904. The fraction of sp³-hybridized carbons (Fsp3) is 0.0484. The van der Waals surface area contributed by atoms with Crippen molar-refractivity contribution in [3.8, 4) is 89.7 Å². The zero-order valence-corrected chi connectivity index (χ0v) is 36.2. The van der Waals surface area contributed by atoms with Crippen molar-refractivity contribution in [3.63, 3.8) is 0 Å². The molecule has 0 amide bonds. The molecule has 0 saturated carbocycles. The largest absolute Gasteiger partial charge is 0.247 e. The Labute approximate surface area is 379 Å². The molecule has 0 saturated heterocycles. The second-order valence-electron chi connectivity index (χ2n) is 17.6. The van der Waals surface area contributed by atoms with Crippen molar-refractivity contribution < 1.29 is 0 Å². The molecule has 0 bridgehead atoms. The van der Waals surface area contributed by atoms with Gasteiger partial charge in [-0.3, -0.25) is 0 Å². The first-order valence-electron chi connectivity index (χ1n) is 22.3. The summed E-state index contributed by atoms with van der Waals surface area (Å²) in [6, 6.07) is 80.1. The van der Waals surface area contributed by atoms with E-state index in [1.807, 2.05) is 18.2 Å². The third-order valence-electron chi connectivity index (χ3n) is 13.3. The zero-order valence-electron chi connectivity index (χ0n) is 36.2. The van der Waals surface area contributed by atoms with Gasteiger partial charge in [-0.15, -0.1) is 0 Å². The maximum atomic E-state index is 5.37. The first-order chi connectivity index (χ1) is 32.0. The van der Waals surface area contributed by atoms with Gasteiger partial charge in [0.2, 0.25) is 0 Å². The van der Waals surface area contributed by atoms with E-state index in [4.69, 9.17) is 15.0 Å². The van der Waals surface area contributed by atoms with E-state index < -0.39 is 0 Å². The van der Waals surface area contributed by atoms with Crippen LogP contribution in [0, 0.1) is 0 Å². The molecule has 0 aliphatic heterocycles. The van der Waals surface area contributed by atoms with E-state index in [9.17, 15) is 0 Å². The normalized spacial score (nSPS) is 12.6. The van der Waals surface area contributed by atoms with Crippen LogP contribution in [-0.4, -0.2) is 15.0 Å². The summed E-state index contributed by atoms with van der Waals surface area (Å²) in [5.74, 6) is 0.698. The molecule has 11 aromatic rings. The fourth-order valence-corrected chi connectivity index (χ4v) is 9.92. The third kappa shape index (κ3) is 6.72. The van der Waals surface area contributed by atoms with Crippen LogP contribution in [0.25, 0.3) is 111 Å². The summed E-state index contributed by atoms with van der Waals surface area (Å²) in [5, 5.41) is 3.50. The minimum atomic E-state index is -0.0485. The summed E-state index contributed by atoms with van der Waals surface area (Å²) in [6.07, 6.45) is 0. The van der Waals surface area contributed by atoms with Gasteiger partial charge in [-0.1, -0.05) is 220 Å². The summed E-state index contributed by atoms with van der Waals surface area (Å²) < 4.78 is 0. The highest BCUT2D eigenvalue weighted by Crippen LogP contribution is 2.49. The highest BCUT2D eigenvalue weighted by molar-refractivity contribution is 6.17. The van der Waals surface area contributed by atoms with Gasteiger partial charge in [-0.2, -0.15) is 0 Å². The SMILES string of the molecule is CC1(C)c2ccccc2-c2ccc(-c3ccc(-c4cc(-c5ccc(-c6ccc7c(c6)nc(-c6ccccc6)c6cccc(-c8ccccc8)c67)cc5)nc(-c5ccccc5)n4)cc3)cc21. The van der Waals surface area contributed by atoms with Gasteiger partial charge in [0.1, 0.15) is 0 Å². The molecule has 0 N–H and O–H groups in total. The van der Waals surface area contributed by atoms with Crippen molar-refractivity contribution in [2.24, 2.45) is 0 Å². The van der Waals surface area contributed by atoms with Crippen LogP contribution < -0.4 is 0 Å². The van der Waals surface area contributed by atoms with Crippen LogP contribution in [0.2, 0.25) is 0 Å². The maximum Gasteiger partial charge on any atom is 0.160 e. The molecule has 0 unspecified atom stereocenters. The molecule has 2 aromatic heterocycles. The van der Waals surface area contributed by atoms with Crippen LogP contribution in [0.5, 0.6) is 0 Å². The van der Waals surface area contributed by atoms with Gasteiger partial charge in [0.05, 0.1) is 22.6 Å². The maximum absolute atomic E-state index is 5.37. The molecule has 306 valence electrons. The molecule has 3 heteroatoms. The Morgan fingerprint density at radius 1 is 0.308 bits per heavy atom. The predicted molar refractivity (Wildman–Crippen MR) is 270 cm³/mol. The Bertz CT molecular complexity index is 3580. The molecule has 12 rings (SSSR count). The summed E-state index contributed by atoms with van der Waals surface area (Å²) in [5.41, 5.74) is 20.3. The molecule has 0 radical (unpaired) electrons. The van der Waals surface area contributed by atoms with E-state index >= 15 is 0 Å². The first-order valence-corrected chi connectivity index (χ1v) is 22.3. The van der Waals surface area contributed by atoms with E-state index in [1.165, 1.54) is 49.9 Å². The van der Waals surface area contributed by atoms with Crippen LogP contribution in [0.3, 0.4) is 0 Å². The van der Waals surface area contributed by atoms with Crippen molar-refractivity contribution in [3.05, 3.63) is 236 Å². The highest BCUT2D eigenvalue weighted by atomic mass is 14.9. The number of pyridine rings is 1. The van der Waals surface area contributed by atoms with Gasteiger partial charge in [0.25, 0.3) is 0 Å². The van der Waals surface area contributed by atoms with Crippen molar-refractivity contribution in [2.45, 2.75) is 19.3 Å². The van der Waals surface area contributed by atoms with Crippen LogP contribution >= 0.6 is 0 Å². The zero-order chi connectivity index (χ0) is 43.5. The number of hydrogen-bond donors (Lipinski definition) is 0. The smallest absolute Gasteiger partial charge is 0.160 e. The Morgan fingerprint density at radius 3 is 1.48 bits per heavy atom. The van der Waals surface area contributed by atoms with E-state index in [2.05, 4.69) is 220 Å². The lowest BCUT2D eigenvalue weighted by Gasteiger charge is -2.22. The predicted octanol–water partition coefficient (Wildman–Crippen LogP) is 16.2. The topological polar surface area (TPSA) is 38.7 Å². The number of hydrogen-bond acceptors (Lipinski definition) is 3. The molecule has 1 aliphatic rings. The minimum Gasteiger partial charge on any atom is -0.247 e. The Hall–Kier alpha value is -8.27. The van der Waals surface area contributed by atoms with E-state index in [1.54, 1.807) is 0 Å².